The first kappa shape index (κ1) is 14.7. The fourth-order valence-electron chi connectivity index (χ4n) is 2.54. The third-order valence-corrected chi connectivity index (χ3v) is 5.34. The number of thioether (sulfide) groups is 1. The van der Waals surface area contributed by atoms with Crippen molar-refractivity contribution in [3.63, 3.8) is 0 Å². The van der Waals surface area contributed by atoms with Gasteiger partial charge in [-0.25, -0.2) is 0 Å². The Morgan fingerprint density at radius 3 is 2.44 bits per heavy atom. The molecule has 2 aliphatic rings. The van der Waals surface area contributed by atoms with Crippen LogP contribution >= 0.6 is 11.8 Å². The molecule has 18 heavy (non-hydrogen) atoms. The Labute approximate surface area is 117 Å². The van der Waals surface area contributed by atoms with E-state index in [0.717, 1.165) is 19.3 Å². The molecule has 2 nitrogen and oxygen atoms in total. The lowest BCUT2D eigenvalue weighted by molar-refractivity contribution is 0.0132. The molecule has 1 aliphatic carbocycles. The van der Waals surface area contributed by atoms with Crippen LogP contribution in [0.15, 0.2) is 0 Å². The van der Waals surface area contributed by atoms with Crippen LogP contribution in [-0.4, -0.2) is 36.3 Å². The Balaban J connectivity index is 1.78. The van der Waals surface area contributed by atoms with Crippen molar-refractivity contribution in [2.24, 2.45) is 5.41 Å². The first-order chi connectivity index (χ1) is 8.49. The topological polar surface area (TPSA) is 21.3 Å². The summed E-state index contributed by atoms with van der Waals surface area (Å²) in [6, 6.07) is 0.833. The molecular weight excluding hydrogens is 242 g/mol. The van der Waals surface area contributed by atoms with Crippen LogP contribution in [0.3, 0.4) is 0 Å². The summed E-state index contributed by atoms with van der Waals surface area (Å²) >= 11 is 2.11. The minimum atomic E-state index is 0.399. The highest BCUT2D eigenvalue weighted by Gasteiger charge is 2.34. The van der Waals surface area contributed by atoms with E-state index in [9.17, 15) is 0 Å². The Hall–Kier alpha value is 0.270. The zero-order chi connectivity index (χ0) is 13.1. The van der Waals surface area contributed by atoms with Gasteiger partial charge in [0.15, 0.2) is 0 Å². The fraction of sp³-hybridized carbons (Fsp3) is 1.00. The smallest absolute Gasteiger partial charge is 0.0471 e. The van der Waals surface area contributed by atoms with Gasteiger partial charge in [-0.15, -0.1) is 0 Å². The largest absolute Gasteiger partial charge is 0.381 e. The number of ether oxygens (including phenoxy) is 1. The van der Waals surface area contributed by atoms with Crippen LogP contribution in [0.5, 0.6) is 0 Å². The lowest BCUT2D eigenvalue weighted by atomic mass is 9.77. The Morgan fingerprint density at radius 1 is 1.22 bits per heavy atom. The minimum Gasteiger partial charge on any atom is -0.381 e. The van der Waals surface area contributed by atoms with E-state index in [2.05, 4.69) is 37.8 Å². The van der Waals surface area contributed by atoms with Gasteiger partial charge in [0.05, 0.1) is 0 Å². The highest BCUT2D eigenvalue weighted by molar-refractivity contribution is 8.00. The maximum Gasteiger partial charge on any atom is 0.0471 e. The van der Waals surface area contributed by atoms with Gasteiger partial charge in [-0.3, -0.25) is 0 Å². The monoisotopic (exact) mass is 271 g/mol. The van der Waals surface area contributed by atoms with Gasteiger partial charge in [-0.1, -0.05) is 20.8 Å². The van der Waals surface area contributed by atoms with Gasteiger partial charge in [0, 0.05) is 30.5 Å². The summed E-state index contributed by atoms with van der Waals surface area (Å²) in [6.07, 6.45) is 6.62. The second-order valence-electron chi connectivity index (χ2n) is 6.98. The van der Waals surface area contributed by atoms with Crippen molar-refractivity contribution in [2.45, 2.75) is 63.7 Å². The molecule has 0 amide bonds. The molecule has 0 aromatic rings. The molecule has 1 saturated carbocycles. The van der Waals surface area contributed by atoms with Gasteiger partial charge in [0.1, 0.15) is 0 Å². The second kappa shape index (κ2) is 6.15. The average molecular weight is 271 g/mol. The Morgan fingerprint density at radius 2 is 1.89 bits per heavy atom. The Bertz CT molecular complexity index is 252. The molecule has 106 valence electrons. The minimum absolute atomic E-state index is 0.399. The van der Waals surface area contributed by atoms with Crippen LogP contribution in [0.1, 0.15) is 52.9 Å². The molecule has 0 unspecified atom stereocenters. The maximum atomic E-state index is 5.56. The van der Waals surface area contributed by atoms with E-state index in [-0.39, 0.29) is 0 Å². The second-order valence-corrected chi connectivity index (χ2v) is 8.90. The molecule has 0 bridgehead atoms. The lowest BCUT2D eigenvalue weighted by Crippen LogP contribution is -2.40. The van der Waals surface area contributed by atoms with Crippen molar-refractivity contribution in [3.8, 4) is 0 Å². The van der Waals surface area contributed by atoms with Gasteiger partial charge >= 0.3 is 0 Å². The zero-order valence-electron chi connectivity index (χ0n) is 12.3. The van der Waals surface area contributed by atoms with Crippen LogP contribution in [0.2, 0.25) is 0 Å². The molecule has 2 fully saturated rings. The van der Waals surface area contributed by atoms with Crippen molar-refractivity contribution in [3.05, 3.63) is 0 Å². The van der Waals surface area contributed by atoms with Crippen LogP contribution in [0.25, 0.3) is 0 Å². The highest BCUT2D eigenvalue weighted by atomic mass is 32.2. The van der Waals surface area contributed by atoms with E-state index in [4.69, 9.17) is 4.74 Å². The Kier molecular flexibility index (Phi) is 5.01. The summed E-state index contributed by atoms with van der Waals surface area (Å²) in [5, 5.41) is 3.75. The molecule has 0 atom stereocenters. The van der Waals surface area contributed by atoms with Crippen molar-refractivity contribution >= 4 is 11.8 Å². The molecule has 1 aliphatic heterocycles. The lowest BCUT2D eigenvalue weighted by Gasteiger charge is -2.38. The summed E-state index contributed by atoms with van der Waals surface area (Å²) in [4.78, 5) is 0. The highest BCUT2D eigenvalue weighted by Crippen LogP contribution is 2.37. The number of nitrogens with one attached hydrogen (secondary N) is 1. The molecule has 1 N–H and O–H groups in total. The SMILES string of the molecule is CC(C)(C)SCCC1(CNC2CC2)CCOCC1. The van der Waals surface area contributed by atoms with Crippen molar-refractivity contribution in [1.82, 2.24) is 5.32 Å². The molecule has 0 spiro atoms. The maximum absolute atomic E-state index is 5.56. The van der Waals surface area contributed by atoms with Crippen molar-refractivity contribution in [1.29, 1.82) is 0 Å². The van der Waals surface area contributed by atoms with E-state index in [0.29, 0.717) is 10.2 Å². The molecule has 0 aromatic heterocycles. The summed E-state index contributed by atoms with van der Waals surface area (Å²) in [7, 11) is 0. The number of hydrogen-bond acceptors (Lipinski definition) is 3. The van der Waals surface area contributed by atoms with Gasteiger partial charge in [0.2, 0.25) is 0 Å². The predicted molar refractivity (Wildman–Crippen MR) is 80.3 cm³/mol. The van der Waals surface area contributed by atoms with Crippen molar-refractivity contribution < 1.29 is 4.74 Å². The van der Waals surface area contributed by atoms with E-state index in [1.165, 1.54) is 44.4 Å². The molecule has 0 aromatic carbocycles. The summed E-state index contributed by atoms with van der Waals surface area (Å²) in [5.41, 5.74) is 0.513. The van der Waals surface area contributed by atoms with Gasteiger partial charge < -0.3 is 10.1 Å². The predicted octanol–water partition coefficient (Wildman–Crippen LogP) is 3.46. The molecular formula is C15H29NOS. The van der Waals surface area contributed by atoms with E-state index >= 15 is 0 Å². The summed E-state index contributed by atoms with van der Waals surface area (Å²) < 4.78 is 5.96. The molecule has 3 heteroatoms. The van der Waals surface area contributed by atoms with E-state index < -0.39 is 0 Å². The number of rotatable bonds is 6. The summed E-state index contributed by atoms with van der Waals surface area (Å²) in [5.74, 6) is 1.29. The first-order valence-electron chi connectivity index (χ1n) is 7.44. The molecule has 1 saturated heterocycles. The average Bonchev–Trinajstić information content (AvgIpc) is 3.10. The normalized spacial score (nSPS) is 24.2. The van der Waals surface area contributed by atoms with Gasteiger partial charge in [-0.2, -0.15) is 11.8 Å². The van der Waals surface area contributed by atoms with Crippen LogP contribution in [-0.2, 0) is 4.74 Å². The third-order valence-electron chi connectivity index (χ3n) is 4.06. The first-order valence-corrected chi connectivity index (χ1v) is 8.43. The molecule has 0 radical (unpaired) electrons. The number of hydrogen-bond donors (Lipinski definition) is 1. The fourth-order valence-corrected chi connectivity index (χ4v) is 3.69. The van der Waals surface area contributed by atoms with Gasteiger partial charge in [-0.05, 0) is 43.3 Å². The van der Waals surface area contributed by atoms with Crippen LogP contribution in [0.4, 0.5) is 0 Å². The van der Waals surface area contributed by atoms with Crippen LogP contribution in [0, 0.1) is 5.41 Å². The molecule has 1 heterocycles. The third kappa shape index (κ3) is 5.10. The standard InChI is InChI=1S/C15H29NOS/c1-14(2,3)18-11-8-15(6-9-17-10-7-15)12-16-13-4-5-13/h13,16H,4-12H2,1-3H3. The zero-order valence-corrected chi connectivity index (χ0v) is 13.1. The molecule has 2 rings (SSSR count). The van der Waals surface area contributed by atoms with E-state index in [1.54, 1.807) is 0 Å². The van der Waals surface area contributed by atoms with E-state index in [1.807, 2.05) is 0 Å². The van der Waals surface area contributed by atoms with Gasteiger partial charge in [0.25, 0.3) is 0 Å². The van der Waals surface area contributed by atoms with Crippen LogP contribution < -0.4 is 5.32 Å². The summed E-state index contributed by atoms with van der Waals surface area (Å²) in [6.45, 7) is 10.1. The van der Waals surface area contributed by atoms with Crippen molar-refractivity contribution in [2.75, 3.05) is 25.5 Å². The quantitative estimate of drug-likeness (QED) is 0.799.